The number of pyridine rings is 2. The molecule has 0 aliphatic heterocycles. The van der Waals surface area contributed by atoms with E-state index in [0.29, 0.717) is 12.1 Å². The molecule has 0 amide bonds. The fraction of sp³-hybridized carbons (Fsp3) is 0. The van der Waals surface area contributed by atoms with E-state index in [1.54, 1.807) is 0 Å². The van der Waals surface area contributed by atoms with E-state index < -0.39 is 23.3 Å². The summed E-state index contributed by atoms with van der Waals surface area (Å²) in [7, 11) is 0. The highest BCUT2D eigenvalue weighted by Crippen LogP contribution is 2.18. The Morgan fingerprint density at radius 2 is 0.955 bits per heavy atom. The first-order valence-corrected chi connectivity index (χ1v) is 5.75. The third-order valence-electron chi connectivity index (χ3n) is 2.52. The zero-order valence-electron chi connectivity index (χ0n) is 10.5. The molecule has 0 N–H and O–H groups in total. The molecule has 22 heavy (non-hydrogen) atoms. The molecule has 0 radical (unpaired) electrons. The molecule has 0 fully saturated rings. The first-order chi connectivity index (χ1) is 10.5. The molecule has 0 bridgehead atoms. The highest BCUT2D eigenvalue weighted by molar-refractivity contribution is 5.51. The molecule has 3 heterocycles. The summed E-state index contributed by atoms with van der Waals surface area (Å²) in [6.45, 7) is 0. The molecular formula is C12H4F4N6. The van der Waals surface area contributed by atoms with Crippen molar-refractivity contribution in [2.75, 3.05) is 0 Å². The maximum Gasteiger partial charge on any atom is 0.224 e. The van der Waals surface area contributed by atoms with Gasteiger partial charge in [0.15, 0.2) is 11.6 Å². The summed E-state index contributed by atoms with van der Waals surface area (Å²) in [4.78, 5) is 6.97. The predicted molar refractivity (Wildman–Crippen MR) is 63.9 cm³/mol. The predicted octanol–water partition coefficient (Wildman–Crippen LogP) is 1.95. The molecule has 110 valence electrons. The standard InChI is InChI=1S/C12H4F4N6/c13-5-1-7(15)9(17-3-5)11-19-21-12(22-20-11)10-8(16)2-6(14)4-18-10/h1-4H. The van der Waals surface area contributed by atoms with Gasteiger partial charge in [-0.1, -0.05) is 0 Å². The van der Waals surface area contributed by atoms with Crippen molar-refractivity contribution in [1.82, 2.24) is 30.4 Å². The number of rotatable bonds is 2. The fourth-order valence-electron chi connectivity index (χ4n) is 1.58. The van der Waals surface area contributed by atoms with Gasteiger partial charge in [-0.05, 0) is 0 Å². The highest BCUT2D eigenvalue weighted by atomic mass is 19.1. The Kier molecular flexibility index (Phi) is 3.41. The zero-order valence-corrected chi connectivity index (χ0v) is 10.5. The fourth-order valence-corrected chi connectivity index (χ4v) is 1.58. The summed E-state index contributed by atoms with van der Waals surface area (Å²) in [5, 5.41) is 14.1. The maximum atomic E-state index is 13.5. The Labute approximate surface area is 119 Å². The molecule has 6 nitrogen and oxygen atoms in total. The smallest absolute Gasteiger partial charge is 0.224 e. The summed E-state index contributed by atoms with van der Waals surface area (Å²) >= 11 is 0. The van der Waals surface area contributed by atoms with Crippen LogP contribution in [0.1, 0.15) is 0 Å². The molecule has 3 rings (SSSR count). The van der Waals surface area contributed by atoms with E-state index >= 15 is 0 Å². The minimum atomic E-state index is -0.998. The quantitative estimate of drug-likeness (QED) is 0.673. The molecule has 0 spiro atoms. The van der Waals surface area contributed by atoms with Crippen molar-refractivity contribution in [1.29, 1.82) is 0 Å². The molecule has 0 atom stereocenters. The van der Waals surface area contributed by atoms with Gasteiger partial charge < -0.3 is 0 Å². The summed E-state index contributed by atoms with van der Waals surface area (Å²) < 4.78 is 52.6. The van der Waals surface area contributed by atoms with E-state index in [1.165, 1.54) is 0 Å². The molecule has 3 aromatic rings. The van der Waals surface area contributed by atoms with Crippen LogP contribution in [-0.2, 0) is 0 Å². The number of aromatic nitrogens is 6. The molecule has 10 heteroatoms. The lowest BCUT2D eigenvalue weighted by molar-refractivity contribution is 0.571. The van der Waals surface area contributed by atoms with Gasteiger partial charge in [0.2, 0.25) is 11.6 Å². The van der Waals surface area contributed by atoms with E-state index in [1.807, 2.05) is 0 Å². The lowest BCUT2D eigenvalue weighted by atomic mass is 10.3. The summed E-state index contributed by atoms with van der Waals surface area (Å²) in [5.41, 5.74) is -0.721. The van der Waals surface area contributed by atoms with Crippen LogP contribution in [0.3, 0.4) is 0 Å². The SMILES string of the molecule is Fc1cnc(-c2nnc(-c3ncc(F)cc3F)nn2)c(F)c1. The Morgan fingerprint density at radius 3 is 1.27 bits per heavy atom. The monoisotopic (exact) mass is 308 g/mol. The first kappa shape index (κ1) is 13.9. The minimum Gasteiger partial charge on any atom is -0.247 e. The maximum absolute atomic E-state index is 13.5. The average Bonchev–Trinajstić information content (AvgIpc) is 2.48. The van der Waals surface area contributed by atoms with Crippen LogP contribution in [0.15, 0.2) is 24.5 Å². The molecule has 3 aromatic heterocycles. The lowest BCUT2D eigenvalue weighted by Crippen LogP contribution is -2.04. The largest absolute Gasteiger partial charge is 0.247 e. The number of halogens is 4. The highest BCUT2D eigenvalue weighted by Gasteiger charge is 2.16. The molecule has 0 aliphatic rings. The Hall–Kier alpha value is -3.04. The van der Waals surface area contributed by atoms with E-state index in [0.717, 1.165) is 12.4 Å². The number of nitrogens with zero attached hydrogens (tertiary/aromatic N) is 6. The van der Waals surface area contributed by atoms with Crippen molar-refractivity contribution >= 4 is 0 Å². The first-order valence-electron chi connectivity index (χ1n) is 5.75. The van der Waals surface area contributed by atoms with Crippen LogP contribution in [0, 0.1) is 23.3 Å². The lowest BCUT2D eigenvalue weighted by Gasteiger charge is -2.01. The van der Waals surface area contributed by atoms with Gasteiger partial charge in [0.1, 0.15) is 23.0 Å². The third-order valence-corrected chi connectivity index (χ3v) is 2.52. The molecule has 0 aromatic carbocycles. The van der Waals surface area contributed by atoms with Crippen LogP contribution in [0.4, 0.5) is 17.6 Å². The van der Waals surface area contributed by atoms with E-state index in [9.17, 15) is 17.6 Å². The molecule has 0 saturated carbocycles. The molecule has 0 aliphatic carbocycles. The van der Waals surface area contributed by atoms with Crippen molar-refractivity contribution < 1.29 is 17.6 Å². The molecule has 0 saturated heterocycles. The van der Waals surface area contributed by atoms with Gasteiger partial charge in [0.25, 0.3) is 0 Å². The van der Waals surface area contributed by atoms with Crippen LogP contribution in [-0.4, -0.2) is 30.4 Å². The minimum absolute atomic E-state index is 0.316. The molecule has 0 unspecified atom stereocenters. The Bertz CT molecular complexity index is 769. The van der Waals surface area contributed by atoms with E-state index in [2.05, 4.69) is 30.4 Å². The summed E-state index contributed by atoms with van der Waals surface area (Å²) in [6.07, 6.45) is 1.55. The van der Waals surface area contributed by atoms with Crippen LogP contribution >= 0.6 is 0 Å². The van der Waals surface area contributed by atoms with Crippen LogP contribution in [0.25, 0.3) is 23.0 Å². The van der Waals surface area contributed by atoms with Gasteiger partial charge in [-0.2, -0.15) is 0 Å². The van der Waals surface area contributed by atoms with Crippen molar-refractivity contribution in [3.8, 4) is 23.0 Å². The second-order valence-electron chi connectivity index (χ2n) is 4.02. The molecular weight excluding hydrogens is 304 g/mol. The van der Waals surface area contributed by atoms with Gasteiger partial charge in [-0.15, -0.1) is 20.4 Å². The van der Waals surface area contributed by atoms with Gasteiger partial charge in [-0.25, -0.2) is 27.5 Å². The normalized spacial score (nSPS) is 10.7. The topological polar surface area (TPSA) is 77.3 Å². The average molecular weight is 308 g/mol. The Balaban J connectivity index is 1.99. The van der Waals surface area contributed by atoms with Gasteiger partial charge in [-0.3, -0.25) is 0 Å². The Morgan fingerprint density at radius 1 is 0.591 bits per heavy atom. The van der Waals surface area contributed by atoms with Gasteiger partial charge in [0, 0.05) is 12.1 Å². The van der Waals surface area contributed by atoms with E-state index in [-0.39, 0.29) is 23.0 Å². The third kappa shape index (κ3) is 2.57. The number of hydrogen-bond donors (Lipinski definition) is 0. The summed E-state index contributed by atoms with van der Waals surface area (Å²) in [6, 6.07) is 1.20. The van der Waals surface area contributed by atoms with Crippen LogP contribution in [0.5, 0.6) is 0 Å². The second-order valence-corrected chi connectivity index (χ2v) is 4.02. The van der Waals surface area contributed by atoms with Gasteiger partial charge in [0.05, 0.1) is 12.4 Å². The van der Waals surface area contributed by atoms with E-state index in [4.69, 9.17) is 0 Å². The van der Waals surface area contributed by atoms with Crippen molar-refractivity contribution in [2.24, 2.45) is 0 Å². The number of hydrogen-bond acceptors (Lipinski definition) is 6. The second kappa shape index (κ2) is 5.39. The van der Waals surface area contributed by atoms with Crippen molar-refractivity contribution in [2.45, 2.75) is 0 Å². The van der Waals surface area contributed by atoms with Crippen LogP contribution < -0.4 is 0 Å². The zero-order chi connectivity index (χ0) is 15.7. The van der Waals surface area contributed by atoms with Crippen LogP contribution in [0.2, 0.25) is 0 Å². The van der Waals surface area contributed by atoms with Crippen molar-refractivity contribution in [3.05, 3.63) is 47.8 Å². The summed E-state index contributed by atoms with van der Waals surface area (Å²) in [5.74, 6) is -4.36. The van der Waals surface area contributed by atoms with Gasteiger partial charge >= 0.3 is 0 Å². The van der Waals surface area contributed by atoms with Crippen molar-refractivity contribution in [3.63, 3.8) is 0 Å².